The number of ether oxygens (including phenoxy) is 1. The molecule has 4 nitrogen and oxygen atoms in total. The van der Waals surface area contributed by atoms with Gasteiger partial charge >= 0.3 is 0 Å². The summed E-state index contributed by atoms with van der Waals surface area (Å²) in [6, 6.07) is 13.8. The van der Waals surface area contributed by atoms with E-state index in [1.54, 1.807) is 12.1 Å². The predicted octanol–water partition coefficient (Wildman–Crippen LogP) is 4.09. The second kappa shape index (κ2) is 8.31. The molecular weight excluding hydrogens is 346 g/mol. The van der Waals surface area contributed by atoms with E-state index in [1.807, 2.05) is 24.3 Å². The van der Waals surface area contributed by atoms with Crippen LogP contribution < -0.4 is 10.2 Å². The number of hydrogen-bond acceptors (Lipinski definition) is 4. The molecule has 25 heavy (non-hydrogen) atoms. The summed E-state index contributed by atoms with van der Waals surface area (Å²) in [4.78, 5) is 14.9. The number of alkyl halides is 2. The first kappa shape index (κ1) is 17.7. The Bertz CT molecular complexity index is 702. The van der Waals surface area contributed by atoms with Crippen molar-refractivity contribution in [3.05, 3.63) is 54.1 Å². The molecule has 1 amide bonds. The Morgan fingerprint density at radius 2 is 1.68 bits per heavy atom. The number of nitrogens with one attached hydrogen (secondary N) is 1. The zero-order valence-corrected chi connectivity index (χ0v) is 14.3. The maximum Gasteiger partial charge on any atom is 0.288 e. The van der Waals surface area contributed by atoms with Crippen LogP contribution >= 0.6 is 11.8 Å². The number of rotatable bonds is 5. The van der Waals surface area contributed by atoms with E-state index in [-0.39, 0.29) is 5.91 Å². The maximum absolute atomic E-state index is 12.3. The van der Waals surface area contributed by atoms with Gasteiger partial charge in [0.15, 0.2) is 0 Å². The van der Waals surface area contributed by atoms with E-state index in [0.717, 1.165) is 32.0 Å². The maximum atomic E-state index is 12.3. The smallest absolute Gasteiger partial charge is 0.288 e. The minimum Gasteiger partial charge on any atom is -0.378 e. The van der Waals surface area contributed by atoms with Crippen LogP contribution in [0.5, 0.6) is 0 Å². The van der Waals surface area contributed by atoms with Crippen molar-refractivity contribution in [3.63, 3.8) is 0 Å². The van der Waals surface area contributed by atoms with Gasteiger partial charge in [-0.05, 0) is 48.5 Å². The highest BCUT2D eigenvalue weighted by Crippen LogP contribution is 2.25. The van der Waals surface area contributed by atoms with Crippen LogP contribution in [-0.2, 0) is 4.74 Å². The van der Waals surface area contributed by atoms with E-state index in [9.17, 15) is 13.6 Å². The highest BCUT2D eigenvalue weighted by atomic mass is 32.2. The molecule has 0 saturated carbocycles. The van der Waals surface area contributed by atoms with Gasteiger partial charge in [0, 0.05) is 34.9 Å². The van der Waals surface area contributed by atoms with Crippen molar-refractivity contribution in [1.82, 2.24) is 0 Å². The van der Waals surface area contributed by atoms with Crippen LogP contribution in [0.1, 0.15) is 10.4 Å². The molecule has 1 fully saturated rings. The fourth-order valence-corrected chi connectivity index (χ4v) is 3.07. The molecule has 1 aliphatic heterocycles. The first-order valence-electron chi connectivity index (χ1n) is 7.91. The summed E-state index contributed by atoms with van der Waals surface area (Å²) in [6.07, 6.45) is 0. The Morgan fingerprint density at radius 1 is 1.04 bits per heavy atom. The van der Waals surface area contributed by atoms with Gasteiger partial charge in [-0.25, -0.2) is 0 Å². The van der Waals surface area contributed by atoms with Gasteiger partial charge in [0.1, 0.15) is 0 Å². The van der Waals surface area contributed by atoms with Crippen molar-refractivity contribution in [2.24, 2.45) is 0 Å². The standard InChI is InChI=1S/C18H18F2N2O2S/c19-18(20)25-16-7-1-13(2-8-16)17(23)21-14-3-5-15(6-4-14)22-9-11-24-12-10-22/h1-8,18H,9-12H2,(H,21,23). The lowest BCUT2D eigenvalue weighted by Crippen LogP contribution is -2.36. The molecule has 2 aromatic carbocycles. The number of hydrogen-bond donors (Lipinski definition) is 1. The second-order valence-electron chi connectivity index (χ2n) is 5.50. The zero-order valence-electron chi connectivity index (χ0n) is 13.5. The van der Waals surface area contributed by atoms with Gasteiger partial charge in [-0.3, -0.25) is 4.79 Å². The quantitative estimate of drug-likeness (QED) is 0.812. The van der Waals surface area contributed by atoms with Gasteiger partial charge in [-0.2, -0.15) is 8.78 Å². The zero-order chi connectivity index (χ0) is 17.6. The van der Waals surface area contributed by atoms with Crippen LogP contribution in [0.2, 0.25) is 0 Å². The monoisotopic (exact) mass is 364 g/mol. The summed E-state index contributed by atoms with van der Waals surface area (Å²) in [5, 5.41) is 2.81. The fraction of sp³-hybridized carbons (Fsp3) is 0.278. The van der Waals surface area contributed by atoms with Crippen LogP contribution in [0.15, 0.2) is 53.4 Å². The fourth-order valence-electron chi connectivity index (χ4n) is 2.57. The van der Waals surface area contributed by atoms with E-state index < -0.39 is 5.76 Å². The normalized spacial score (nSPS) is 14.6. The number of nitrogens with zero attached hydrogens (tertiary/aromatic N) is 1. The molecule has 0 aromatic heterocycles. The third-order valence-corrected chi connectivity index (χ3v) is 4.57. The van der Waals surface area contributed by atoms with E-state index in [2.05, 4.69) is 10.2 Å². The van der Waals surface area contributed by atoms with Crippen LogP contribution in [0.4, 0.5) is 20.2 Å². The minimum absolute atomic E-state index is 0.271. The highest BCUT2D eigenvalue weighted by molar-refractivity contribution is 7.99. The molecule has 2 aromatic rings. The third-order valence-electron chi connectivity index (χ3n) is 3.84. The molecule has 0 spiro atoms. The number of carbonyl (C=O) groups is 1. The molecule has 0 unspecified atom stereocenters. The van der Waals surface area contributed by atoms with Crippen LogP contribution in [-0.4, -0.2) is 38.0 Å². The van der Waals surface area contributed by atoms with Gasteiger partial charge in [-0.15, -0.1) is 0 Å². The third kappa shape index (κ3) is 4.93. The largest absolute Gasteiger partial charge is 0.378 e. The lowest BCUT2D eigenvalue weighted by molar-refractivity contribution is 0.102. The molecule has 0 aliphatic carbocycles. The van der Waals surface area contributed by atoms with Crippen molar-refractivity contribution in [1.29, 1.82) is 0 Å². The second-order valence-corrected chi connectivity index (χ2v) is 6.57. The molecule has 0 atom stereocenters. The number of benzene rings is 2. The Labute approximate surface area is 149 Å². The number of amides is 1. The first-order chi connectivity index (χ1) is 12.1. The van der Waals surface area contributed by atoms with Crippen LogP contribution in [0.25, 0.3) is 0 Å². The minimum atomic E-state index is -2.47. The molecule has 3 rings (SSSR count). The van der Waals surface area contributed by atoms with Gasteiger partial charge in [0.25, 0.3) is 11.7 Å². The number of halogens is 2. The molecule has 1 heterocycles. The number of anilines is 2. The Hall–Kier alpha value is -2.12. The molecule has 0 bridgehead atoms. The van der Waals surface area contributed by atoms with Crippen molar-refractivity contribution < 1.29 is 18.3 Å². The number of carbonyl (C=O) groups excluding carboxylic acids is 1. The van der Waals surface area contributed by atoms with E-state index in [4.69, 9.17) is 4.74 Å². The average molecular weight is 364 g/mol. The van der Waals surface area contributed by atoms with Crippen molar-refractivity contribution >= 4 is 29.0 Å². The topological polar surface area (TPSA) is 41.6 Å². The van der Waals surface area contributed by atoms with Crippen molar-refractivity contribution in [3.8, 4) is 0 Å². The number of thioether (sulfide) groups is 1. The van der Waals surface area contributed by atoms with Gasteiger partial charge in [0.2, 0.25) is 0 Å². The summed E-state index contributed by atoms with van der Waals surface area (Å²) in [6.45, 7) is 3.15. The summed E-state index contributed by atoms with van der Waals surface area (Å²) in [5.41, 5.74) is 2.21. The molecule has 7 heteroatoms. The lowest BCUT2D eigenvalue weighted by atomic mass is 10.2. The Kier molecular flexibility index (Phi) is 5.88. The van der Waals surface area contributed by atoms with Gasteiger partial charge < -0.3 is 15.0 Å². The molecule has 1 aliphatic rings. The SMILES string of the molecule is O=C(Nc1ccc(N2CCOCC2)cc1)c1ccc(SC(F)F)cc1. The molecule has 0 radical (unpaired) electrons. The predicted molar refractivity (Wildman–Crippen MR) is 95.7 cm³/mol. The van der Waals surface area contributed by atoms with E-state index in [1.165, 1.54) is 12.1 Å². The van der Waals surface area contributed by atoms with Gasteiger partial charge in [-0.1, -0.05) is 11.8 Å². The summed E-state index contributed by atoms with van der Waals surface area (Å²) < 4.78 is 29.9. The Balaban J connectivity index is 1.60. The molecule has 1 saturated heterocycles. The van der Waals surface area contributed by atoms with Gasteiger partial charge in [0.05, 0.1) is 13.2 Å². The highest BCUT2D eigenvalue weighted by Gasteiger charge is 2.12. The van der Waals surface area contributed by atoms with E-state index >= 15 is 0 Å². The van der Waals surface area contributed by atoms with Crippen LogP contribution in [0, 0.1) is 0 Å². The first-order valence-corrected chi connectivity index (χ1v) is 8.79. The Morgan fingerprint density at radius 3 is 2.28 bits per heavy atom. The number of morpholine rings is 1. The molecule has 1 N–H and O–H groups in total. The molecule has 132 valence electrons. The summed E-state index contributed by atoms with van der Waals surface area (Å²) in [7, 11) is 0. The summed E-state index contributed by atoms with van der Waals surface area (Å²) >= 11 is 0.459. The summed E-state index contributed by atoms with van der Waals surface area (Å²) in [5.74, 6) is -2.74. The van der Waals surface area contributed by atoms with Crippen molar-refractivity contribution in [2.45, 2.75) is 10.7 Å². The van der Waals surface area contributed by atoms with Crippen LogP contribution in [0.3, 0.4) is 0 Å². The average Bonchev–Trinajstić information content (AvgIpc) is 2.63. The van der Waals surface area contributed by atoms with Crippen molar-refractivity contribution in [2.75, 3.05) is 36.5 Å². The lowest BCUT2D eigenvalue weighted by Gasteiger charge is -2.28. The molecular formula is C18H18F2N2O2S. The van der Waals surface area contributed by atoms with E-state index in [0.29, 0.717) is 27.9 Å².